The summed E-state index contributed by atoms with van der Waals surface area (Å²) in [6, 6.07) is 6.40. The maximum atomic E-state index is 12.2. The highest BCUT2D eigenvalue weighted by Gasteiger charge is 2.16. The van der Waals surface area contributed by atoms with E-state index in [-0.39, 0.29) is 16.8 Å². The van der Waals surface area contributed by atoms with Gasteiger partial charge in [-0.25, -0.2) is 13.1 Å². The number of hydrogen-bond donors (Lipinski definition) is 3. The lowest BCUT2D eigenvalue weighted by Crippen LogP contribution is -2.36. The first kappa shape index (κ1) is 20.9. The molecule has 0 unspecified atom stereocenters. The fraction of sp³-hybridized carbons (Fsp3) is 0.632. The van der Waals surface area contributed by atoms with Crippen molar-refractivity contribution in [3.8, 4) is 0 Å². The van der Waals surface area contributed by atoms with Gasteiger partial charge in [-0.2, -0.15) is 0 Å². The van der Waals surface area contributed by atoms with Crippen LogP contribution in [0.15, 0.2) is 29.2 Å². The van der Waals surface area contributed by atoms with Gasteiger partial charge in [-0.1, -0.05) is 25.7 Å². The van der Waals surface area contributed by atoms with Gasteiger partial charge in [-0.05, 0) is 51.0 Å². The van der Waals surface area contributed by atoms with Gasteiger partial charge >= 0.3 is 0 Å². The average molecular weight is 382 g/mol. The van der Waals surface area contributed by atoms with Gasteiger partial charge in [0.05, 0.1) is 4.90 Å². The molecule has 146 valence electrons. The largest absolute Gasteiger partial charge is 0.351 e. The third-order valence-electron chi connectivity index (χ3n) is 4.52. The third-order valence-corrected chi connectivity index (χ3v) is 6.19. The molecule has 1 aliphatic carbocycles. The molecule has 7 heteroatoms. The Bertz CT molecular complexity index is 664. The molecule has 2 rings (SSSR count). The molecule has 3 N–H and O–H groups in total. The number of carbonyl (C=O) groups is 1. The minimum atomic E-state index is -3.53. The molecule has 0 saturated heterocycles. The molecule has 0 radical (unpaired) electrons. The lowest BCUT2D eigenvalue weighted by Gasteiger charge is -2.16. The molecule has 0 atom stereocenters. The van der Waals surface area contributed by atoms with Crippen LogP contribution in [0.25, 0.3) is 0 Å². The number of nitrogens with one attached hydrogen (secondary N) is 3. The normalized spacial score (nSPS) is 16.4. The van der Waals surface area contributed by atoms with E-state index in [1.165, 1.54) is 50.7 Å². The first-order valence-corrected chi connectivity index (χ1v) is 11.0. The zero-order valence-electron chi connectivity index (χ0n) is 15.8. The van der Waals surface area contributed by atoms with Crippen molar-refractivity contribution in [2.75, 3.05) is 13.1 Å². The summed E-state index contributed by atoms with van der Waals surface area (Å²) in [5.74, 6) is -0.187. The molecule has 26 heavy (non-hydrogen) atoms. The van der Waals surface area contributed by atoms with Crippen LogP contribution in [-0.2, 0) is 10.0 Å². The molecule has 1 aliphatic rings. The molecule has 0 heterocycles. The van der Waals surface area contributed by atoms with E-state index in [1.807, 2.05) is 0 Å². The van der Waals surface area contributed by atoms with Crippen molar-refractivity contribution in [2.24, 2.45) is 0 Å². The third kappa shape index (κ3) is 6.70. The zero-order valence-corrected chi connectivity index (χ0v) is 16.6. The standard InChI is InChI=1S/C19H31N3O3S/c1-15(2)22-26(24,25)18-11-9-16(10-12-18)19(23)21-14-13-20-17-7-5-3-4-6-8-17/h9-12,15,17,20,22H,3-8,13-14H2,1-2H3,(H,21,23). The first-order chi connectivity index (χ1) is 12.4. The Hall–Kier alpha value is -1.44. The molecular formula is C19H31N3O3S. The number of benzene rings is 1. The summed E-state index contributed by atoms with van der Waals surface area (Å²) in [4.78, 5) is 12.4. The van der Waals surface area contributed by atoms with Crippen molar-refractivity contribution in [1.82, 2.24) is 15.4 Å². The predicted molar refractivity (Wildman–Crippen MR) is 104 cm³/mol. The molecular weight excluding hydrogens is 350 g/mol. The number of sulfonamides is 1. The highest BCUT2D eigenvalue weighted by Crippen LogP contribution is 2.16. The molecule has 0 aliphatic heterocycles. The molecule has 1 amide bonds. The number of hydrogen-bond acceptors (Lipinski definition) is 4. The van der Waals surface area contributed by atoms with E-state index in [0.717, 1.165) is 6.54 Å². The van der Waals surface area contributed by atoms with Crippen LogP contribution in [0.1, 0.15) is 62.7 Å². The Morgan fingerprint density at radius 1 is 1.04 bits per heavy atom. The summed E-state index contributed by atoms with van der Waals surface area (Å²) < 4.78 is 26.7. The SMILES string of the molecule is CC(C)NS(=O)(=O)c1ccc(C(=O)NCCNC2CCCCCC2)cc1. The van der Waals surface area contributed by atoms with Gasteiger partial charge < -0.3 is 10.6 Å². The summed E-state index contributed by atoms with van der Waals surface area (Å²) in [7, 11) is -3.53. The van der Waals surface area contributed by atoms with Crippen LogP contribution < -0.4 is 15.4 Å². The van der Waals surface area contributed by atoms with Crippen molar-refractivity contribution < 1.29 is 13.2 Å². The first-order valence-electron chi connectivity index (χ1n) is 9.52. The van der Waals surface area contributed by atoms with E-state index in [9.17, 15) is 13.2 Å². The second kappa shape index (κ2) is 10.0. The highest BCUT2D eigenvalue weighted by atomic mass is 32.2. The van der Waals surface area contributed by atoms with Gasteiger partial charge in [0.1, 0.15) is 0 Å². The highest BCUT2D eigenvalue weighted by molar-refractivity contribution is 7.89. The lowest BCUT2D eigenvalue weighted by molar-refractivity contribution is 0.0953. The van der Waals surface area contributed by atoms with Gasteiger partial charge in [0.25, 0.3) is 5.91 Å². The Morgan fingerprint density at radius 3 is 2.23 bits per heavy atom. The molecule has 0 spiro atoms. The topological polar surface area (TPSA) is 87.3 Å². The van der Waals surface area contributed by atoms with Crippen LogP contribution in [0.2, 0.25) is 0 Å². The van der Waals surface area contributed by atoms with E-state index < -0.39 is 10.0 Å². The molecule has 0 aromatic heterocycles. The molecule has 1 fully saturated rings. The minimum Gasteiger partial charge on any atom is -0.351 e. The van der Waals surface area contributed by atoms with E-state index in [1.54, 1.807) is 26.0 Å². The van der Waals surface area contributed by atoms with Gasteiger partial charge in [-0.3, -0.25) is 4.79 Å². The lowest BCUT2D eigenvalue weighted by atomic mass is 10.1. The van der Waals surface area contributed by atoms with E-state index in [0.29, 0.717) is 18.2 Å². The van der Waals surface area contributed by atoms with Gasteiger partial charge in [0, 0.05) is 30.7 Å². The number of carbonyl (C=O) groups excluding carboxylic acids is 1. The number of amides is 1. The van der Waals surface area contributed by atoms with Crippen LogP contribution in [0.4, 0.5) is 0 Å². The summed E-state index contributed by atoms with van der Waals surface area (Å²) >= 11 is 0. The van der Waals surface area contributed by atoms with Crippen LogP contribution >= 0.6 is 0 Å². The fourth-order valence-corrected chi connectivity index (χ4v) is 4.45. The Kier molecular flexibility index (Phi) is 8.06. The maximum absolute atomic E-state index is 12.2. The van der Waals surface area contributed by atoms with E-state index >= 15 is 0 Å². The summed E-state index contributed by atoms with van der Waals surface area (Å²) in [6.07, 6.45) is 7.65. The van der Waals surface area contributed by atoms with Gasteiger partial charge in [0.2, 0.25) is 10.0 Å². The van der Waals surface area contributed by atoms with Crippen molar-refractivity contribution in [1.29, 1.82) is 0 Å². The number of rotatable bonds is 8. The molecule has 1 saturated carbocycles. The Morgan fingerprint density at radius 2 is 1.65 bits per heavy atom. The van der Waals surface area contributed by atoms with Crippen molar-refractivity contribution in [3.63, 3.8) is 0 Å². The smallest absolute Gasteiger partial charge is 0.251 e. The molecule has 0 bridgehead atoms. The fourth-order valence-electron chi connectivity index (χ4n) is 3.20. The summed E-state index contributed by atoms with van der Waals surface area (Å²) in [5, 5.41) is 6.39. The Balaban J connectivity index is 1.78. The van der Waals surface area contributed by atoms with Gasteiger partial charge in [-0.15, -0.1) is 0 Å². The molecule has 6 nitrogen and oxygen atoms in total. The maximum Gasteiger partial charge on any atom is 0.251 e. The van der Waals surface area contributed by atoms with Crippen molar-refractivity contribution in [2.45, 2.75) is 69.4 Å². The predicted octanol–water partition coefficient (Wildman–Crippen LogP) is 2.42. The molecule has 1 aromatic rings. The second-order valence-corrected chi connectivity index (χ2v) is 8.91. The van der Waals surface area contributed by atoms with E-state index in [4.69, 9.17) is 0 Å². The molecule has 1 aromatic carbocycles. The quantitative estimate of drug-likeness (QED) is 0.477. The summed E-state index contributed by atoms with van der Waals surface area (Å²) in [5.41, 5.74) is 0.461. The summed E-state index contributed by atoms with van der Waals surface area (Å²) in [6.45, 7) is 4.84. The van der Waals surface area contributed by atoms with Crippen LogP contribution in [-0.4, -0.2) is 39.5 Å². The zero-order chi connectivity index (χ0) is 19.0. The van der Waals surface area contributed by atoms with Gasteiger partial charge in [0.15, 0.2) is 0 Å². The Labute approximate surface area is 157 Å². The monoisotopic (exact) mass is 381 g/mol. The minimum absolute atomic E-state index is 0.165. The van der Waals surface area contributed by atoms with Crippen LogP contribution in [0.3, 0.4) is 0 Å². The second-order valence-electron chi connectivity index (χ2n) is 7.20. The van der Waals surface area contributed by atoms with Crippen molar-refractivity contribution in [3.05, 3.63) is 29.8 Å². The average Bonchev–Trinajstić information content (AvgIpc) is 2.86. The van der Waals surface area contributed by atoms with Crippen LogP contribution in [0, 0.1) is 0 Å². The van der Waals surface area contributed by atoms with E-state index in [2.05, 4.69) is 15.4 Å². The van der Waals surface area contributed by atoms with Crippen LogP contribution in [0.5, 0.6) is 0 Å². The van der Waals surface area contributed by atoms with Crippen molar-refractivity contribution >= 4 is 15.9 Å².